The highest BCUT2D eigenvalue weighted by molar-refractivity contribution is 5.92. The predicted octanol–water partition coefficient (Wildman–Crippen LogP) is 2.66. The second kappa shape index (κ2) is 13.0. The molecule has 4 rings (SSSR count). The van der Waals surface area contributed by atoms with Crippen molar-refractivity contribution >= 4 is 40.7 Å². The average molecular weight is 580 g/mol. The van der Waals surface area contributed by atoms with E-state index in [0.29, 0.717) is 25.1 Å². The van der Waals surface area contributed by atoms with Gasteiger partial charge in [0.05, 0.1) is 29.3 Å². The van der Waals surface area contributed by atoms with Crippen molar-refractivity contribution in [3.8, 4) is 0 Å². The highest BCUT2D eigenvalue weighted by Crippen LogP contribution is 2.25. The third-order valence-corrected chi connectivity index (χ3v) is 7.57. The largest absolute Gasteiger partial charge is 0.451 e. The summed E-state index contributed by atoms with van der Waals surface area (Å²) < 4.78 is 11.0. The van der Waals surface area contributed by atoms with E-state index in [1.54, 1.807) is 33.8 Å². The number of ether oxygens (including phenoxy) is 2. The van der Waals surface area contributed by atoms with Gasteiger partial charge in [-0.15, -0.1) is 0 Å². The predicted molar refractivity (Wildman–Crippen MR) is 158 cm³/mol. The van der Waals surface area contributed by atoms with E-state index >= 15 is 0 Å². The molecule has 3 amide bonds. The molecule has 0 saturated carbocycles. The van der Waals surface area contributed by atoms with Gasteiger partial charge in [0, 0.05) is 19.0 Å². The lowest BCUT2D eigenvalue weighted by atomic mass is 9.92. The van der Waals surface area contributed by atoms with E-state index in [-0.39, 0.29) is 24.5 Å². The zero-order valence-corrected chi connectivity index (χ0v) is 25.1. The number of benzene rings is 1. The topological polar surface area (TPSA) is 139 Å². The molecule has 1 unspecified atom stereocenters. The second-order valence-corrected chi connectivity index (χ2v) is 11.9. The molecule has 3 heterocycles. The fraction of sp³-hybridized carbons (Fsp3) is 0.516. The van der Waals surface area contributed by atoms with Gasteiger partial charge in [0.25, 0.3) is 11.8 Å². The Balaban J connectivity index is 1.72. The quantitative estimate of drug-likeness (QED) is 0.472. The van der Waals surface area contributed by atoms with Crippen LogP contribution in [0.3, 0.4) is 0 Å². The fourth-order valence-corrected chi connectivity index (χ4v) is 4.93. The highest BCUT2D eigenvalue weighted by Gasteiger charge is 2.37. The maximum Gasteiger partial charge on any atom is 0.316 e. The molecule has 5 bridgehead atoms. The van der Waals surface area contributed by atoms with Gasteiger partial charge in [-0.3, -0.25) is 29.2 Å². The molecule has 0 radical (unpaired) electrons. The summed E-state index contributed by atoms with van der Waals surface area (Å²) in [7, 11) is 1.43. The van der Waals surface area contributed by atoms with Crippen LogP contribution in [0.1, 0.15) is 64.8 Å². The van der Waals surface area contributed by atoms with Gasteiger partial charge in [-0.25, -0.2) is 5.43 Å². The number of carbonyl (C=O) groups is 4. The molecule has 2 aromatic rings. The first-order chi connectivity index (χ1) is 19.9. The van der Waals surface area contributed by atoms with Crippen LogP contribution in [-0.4, -0.2) is 72.1 Å². The summed E-state index contributed by atoms with van der Waals surface area (Å²) in [6.45, 7) is 9.08. The number of pyridine rings is 1. The van der Waals surface area contributed by atoms with Crippen LogP contribution >= 0.6 is 0 Å². The first-order valence-corrected chi connectivity index (χ1v) is 14.4. The molecule has 2 aliphatic rings. The minimum atomic E-state index is -1.14. The van der Waals surface area contributed by atoms with E-state index in [2.05, 4.69) is 16.1 Å². The molecule has 2 aliphatic heterocycles. The Morgan fingerprint density at radius 1 is 1.10 bits per heavy atom. The molecule has 3 N–H and O–H groups in total. The van der Waals surface area contributed by atoms with Gasteiger partial charge in [0.1, 0.15) is 12.1 Å². The molecule has 11 heteroatoms. The van der Waals surface area contributed by atoms with Crippen LogP contribution in [0.5, 0.6) is 0 Å². The number of amides is 3. The number of hydrogen-bond donors (Lipinski definition) is 3. The number of aromatic nitrogens is 1. The lowest BCUT2D eigenvalue weighted by Crippen LogP contribution is -2.62. The van der Waals surface area contributed by atoms with Crippen molar-refractivity contribution in [1.82, 2.24) is 26.1 Å². The first-order valence-electron chi connectivity index (χ1n) is 14.4. The SMILES string of the molecule is COC[C@H]1NC(=O)[C@H](C(C)C)OC(=O)C(C)(C)/C=C/c2ccc3ccc(nc3c2)C(C)NC(=O)[C@@H]2CCCN(N2)C1=O. The molecule has 0 aliphatic carbocycles. The average Bonchev–Trinajstić information content (AvgIpc) is 2.96. The number of cyclic esters (lactones) is 1. The molecule has 42 heavy (non-hydrogen) atoms. The monoisotopic (exact) mass is 579 g/mol. The van der Waals surface area contributed by atoms with Crippen molar-refractivity contribution in [2.24, 2.45) is 11.3 Å². The Morgan fingerprint density at radius 3 is 2.55 bits per heavy atom. The molecule has 1 saturated heterocycles. The van der Waals surface area contributed by atoms with Crippen molar-refractivity contribution in [1.29, 1.82) is 0 Å². The molecule has 11 nitrogen and oxygen atoms in total. The van der Waals surface area contributed by atoms with Gasteiger partial charge >= 0.3 is 5.97 Å². The molecule has 0 spiro atoms. The zero-order chi connectivity index (χ0) is 30.6. The number of carbonyl (C=O) groups excluding carboxylic acids is 4. The molecule has 1 aromatic heterocycles. The molecular formula is C31H41N5O6. The minimum absolute atomic E-state index is 0.101. The van der Waals surface area contributed by atoms with Crippen molar-refractivity contribution in [3.05, 3.63) is 47.7 Å². The fourth-order valence-electron chi connectivity index (χ4n) is 4.93. The van der Waals surface area contributed by atoms with Gasteiger partial charge in [0.15, 0.2) is 6.10 Å². The van der Waals surface area contributed by atoms with E-state index in [1.807, 2.05) is 43.3 Å². The third-order valence-electron chi connectivity index (χ3n) is 7.57. The Kier molecular flexibility index (Phi) is 9.63. The van der Waals surface area contributed by atoms with E-state index in [4.69, 9.17) is 14.5 Å². The second-order valence-electron chi connectivity index (χ2n) is 11.9. The van der Waals surface area contributed by atoms with Crippen LogP contribution in [0.25, 0.3) is 17.0 Å². The maximum absolute atomic E-state index is 13.5. The van der Waals surface area contributed by atoms with Gasteiger partial charge in [0.2, 0.25) is 5.91 Å². The summed E-state index contributed by atoms with van der Waals surface area (Å²) in [6, 6.07) is 7.54. The molecule has 4 atom stereocenters. The lowest BCUT2D eigenvalue weighted by molar-refractivity contribution is -0.165. The smallest absolute Gasteiger partial charge is 0.316 e. The molecular weight excluding hydrogens is 538 g/mol. The van der Waals surface area contributed by atoms with Crippen molar-refractivity contribution in [2.75, 3.05) is 20.3 Å². The van der Waals surface area contributed by atoms with E-state index in [9.17, 15) is 19.2 Å². The first kappa shape index (κ1) is 31.1. The normalized spacial score (nSPS) is 26.5. The van der Waals surface area contributed by atoms with Crippen LogP contribution in [-0.2, 0) is 28.7 Å². The summed E-state index contributed by atoms with van der Waals surface area (Å²) in [4.78, 5) is 58.2. The minimum Gasteiger partial charge on any atom is -0.451 e. The third kappa shape index (κ3) is 7.14. The summed E-state index contributed by atoms with van der Waals surface area (Å²) in [5.41, 5.74) is 4.24. The number of nitrogens with one attached hydrogen (secondary N) is 3. The summed E-state index contributed by atoms with van der Waals surface area (Å²) in [5.74, 6) is -2.25. The standard InChI is InChI=1S/C31H41N5O6/c1-18(2)26-28(38)34-25(17-41-6)29(39)36-15-7-8-23(35-36)27(37)32-19(3)22-12-11-21-10-9-20(16-24(21)33-22)13-14-31(4,5)30(40)42-26/h9-14,16,18-19,23,25-26,35H,7-8,15,17H2,1-6H3,(H,32,37)(H,34,38)/b14-13+/t19?,23-,25+,26-/m0/s1. The van der Waals surface area contributed by atoms with Gasteiger partial charge in [-0.1, -0.05) is 44.2 Å². The highest BCUT2D eigenvalue weighted by atomic mass is 16.5. The zero-order valence-electron chi connectivity index (χ0n) is 25.1. The van der Waals surface area contributed by atoms with Crippen LogP contribution in [0.4, 0.5) is 0 Å². The van der Waals surface area contributed by atoms with Crippen LogP contribution < -0.4 is 16.1 Å². The summed E-state index contributed by atoms with van der Waals surface area (Å²) in [6.07, 6.45) is 3.54. The maximum atomic E-state index is 13.5. The molecule has 226 valence electrons. The van der Waals surface area contributed by atoms with E-state index in [0.717, 1.165) is 16.5 Å². The Bertz CT molecular complexity index is 1370. The van der Waals surface area contributed by atoms with Crippen molar-refractivity contribution in [2.45, 2.75) is 71.7 Å². The molecule has 1 fully saturated rings. The lowest BCUT2D eigenvalue weighted by Gasteiger charge is -2.36. The number of esters is 1. The number of hydrogen-bond acceptors (Lipinski definition) is 8. The summed E-state index contributed by atoms with van der Waals surface area (Å²) in [5, 5.41) is 8.01. The van der Waals surface area contributed by atoms with Crippen molar-refractivity contribution in [3.63, 3.8) is 0 Å². The van der Waals surface area contributed by atoms with Gasteiger partial charge < -0.3 is 20.1 Å². The van der Waals surface area contributed by atoms with Crippen LogP contribution in [0, 0.1) is 11.3 Å². The number of fused-ring (bicyclic) bond motifs is 4. The Morgan fingerprint density at radius 2 is 1.83 bits per heavy atom. The number of hydrazine groups is 1. The number of rotatable bonds is 3. The van der Waals surface area contributed by atoms with E-state index in [1.165, 1.54) is 12.1 Å². The number of methoxy groups -OCH3 is 1. The number of nitrogens with zero attached hydrogens (tertiary/aromatic N) is 2. The van der Waals surface area contributed by atoms with Crippen molar-refractivity contribution < 1.29 is 28.7 Å². The van der Waals surface area contributed by atoms with Gasteiger partial charge in [-0.05, 0) is 57.2 Å². The van der Waals surface area contributed by atoms with Gasteiger partial charge in [-0.2, -0.15) is 0 Å². The molecule has 1 aromatic carbocycles. The Hall–Kier alpha value is -3.83. The summed E-state index contributed by atoms with van der Waals surface area (Å²) >= 11 is 0. The van der Waals surface area contributed by atoms with E-state index < -0.39 is 41.4 Å². The van der Waals surface area contributed by atoms with Crippen LogP contribution in [0.2, 0.25) is 0 Å². The Labute approximate surface area is 246 Å². The van der Waals surface area contributed by atoms with Crippen LogP contribution in [0.15, 0.2) is 36.4 Å².